The van der Waals surface area contributed by atoms with Crippen LogP contribution in [0, 0.1) is 0 Å². The summed E-state index contributed by atoms with van der Waals surface area (Å²) in [4.78, 5) is 11.1. The standard InChI is InChI=1S/C7H8FNO3S2/c1-5(10)9-4-6-2-3-7(13-6)14(8,11)12/h2-3H,4H2,1H3,(H,9,10). The summed E-state index contributed by atoms with van der Waals surface area (Å²) in [6.45, 7) is 1.57. The maximum Gasteiger partial charge on any atom is 0.341 e. The lowest BCUT2D eigenvalue weighted by Gasteiger charge is -1.96. The molecule has 1 N–H and O–H groups in total. The highest BCUT2D eigenvalue weighted by atomic mass is 32.3. The fourth-order valence-corrected chi connectivity index (χ4v) is 2.42. The van der Waals surface area contributed by atoms with Gasteiger partial charge in [-0.25, -0.2) is 0 Å². The highest BCUT2D eigenvalue weighted by Gasteiger charge is 2.14. The average Bonchev–Trinajstić information content (AvgIpc) is 2.47. The summed E-state index contributed by atoms with van der Waals surface area (Å²) in [5.74, 6) is -0.219. The van der Waals surface area contributed by atoms with Crippen molar-refractivity contribution in [2.75, 3.05) is 0 Å². The monoisotopic (exact) mass is 237 g/mol. The number of nitrogens with one attached hydrogen (secondary N) is 1. The Morgan fingerprint density at radius 1 is 1.57 bits per heavy atom. The molecular formula is C7H8FNO3S2. The number of halogens is 1. The van der Waals surface area contributed by atoms with Crippen LogP contribution >= 0.6 is 11.3 Å². The molecule has 0 fully saturated rings. The number of carbonyl (C=O) groups excluding carboxylic acids is 1. The first-order valence-corrected chi connectivity index (χ1v) is 5.87. The molecule has 0 spiro atoms. The van der Waals surface area contributed by atoms with Crippen LogP contribution in [0.15, 0.2) is 16.3 Å². The van der Waals surface area contributed by atoms with Crippen LogP contribution in [-0.4, -0.2) is 14.3 Å². The predicted octanol–water partition coefficient (Wildman–Crippen LogP) is 1.04. The van der Waals surface area contributed by atoms with Crippen LogP contribution in [0.2, 0.25) is 0 Å². The van der Waals surface area contributed by atoms with Gasteiger partial charge in [0.05, 0.1) is 6.54 Å². The molecule has 0 radical (unpaired) electrons. The van der Waals surface area contributed by atoms with Gasteiger partial charge in [0.15, 0.2) is 4.21 Å². The average molecular weight is 237 g/mol. The largest absolute Gasteiger partial charge is 0.351 e. The smallest absolute Gasteiger partial charge is 0.341 e. The van der Waals surface area contributed by atoms with Gasteiger partial charge in [-0.15, -0.1) is 11.3 Å². The van der Waals surface area contributed by atoms with Crippen LogP contribution in [-0.2, 0) is 21.6 Å². The fraction of sp³-hybridized carbons (Fsp3) is 0.286. The minimum absolute atomic E-state index is 0.218. The zero-order valence-corrected chi connectivity index (χ0v) is 8.91. The van der Waals surface area contributed by atoms with Gasteiger partial charge in [-0.3, -0.25) is 4.79 Å². The molecule has 0 saturated heterocycles. The molecule has 0 aromatic carbocycles. The Balaban J connectivity index is 2.74. The van der Waals surface area contributed by atoms with Crippen LogP contribution < -0.4 is 5.32 Å². The number of thiophene rings is 1. The van der Waals surface area contributed by atoms with Crippen molar-refractivity contribution in [2.45, 2.75) is 17.7 Å². The topological polar surface area (TPSA) is 63.2 Å². The molecule has 1 aromatic heterocycles. The molecule has 0 aliphatic heterocycles. The van der Waals surface area contributed by atoms with E-state index in [1.807, 2.05) is 0 Å². The van der Waals surface area contributed by atoms with Gasteiger partial charge in [0.2, 0.25) is 5.91 Å². The maximum atomic E-state index is 12.4. The number of carbonyl (C=O) groups is 1. The van der Waals surface area contributed by atoms with E-state index < -0.39 is 10.2 Å². The Morgan fingerprint density at radius 2 is 2.21 bits per heavy atom. The Labute approximate surface area is 85.0 Å². The Kier molecular flexibility index (Phi) is 3.22. The quantitative estimate of drug-likeness (QED) is 0.799. The molecule has 0 unspecified atom stereocenters. The van der Waals surface area contributed by atoms with Crippen molar-refractivity contribution in [2.24, 2.45) is 0 Å². The summed E-state index contributed by atoms with van der Waals surface area (Å²) in [5.41, 5.74) is 0. The second-order valence-electron chi connectivity index (χ2n) is 2.57. The van der Waals surface area contributed by atoms with Crippen LogP contribution in [0.3, 0.4) is 0 Å². The van der Waals surface area contributed by atoms with E-state index in [1.54, 1.807) is 0 Å². The van der Waals surface area contributed by atoms with Gasteiger partial charge in [-0.05, 0) is 12.1 Å². The van der Waals surface area contributed by atoms with Gasteiger partial charge in [-0.1, -0.05) is 3.89 Å². The highest BCUT2D eigenvalue weighted by molar-refractivity contribution is 7.88. The third kappa shape index (κ3) is 3.08. The molecule has 0 bridgehead atoms. The summed E-state index contributed by atoms with van der Waals surface area (Å²) in [6.07, 6.45) is 0. The third-order valence-corrected chi connectivity index (χ3v) is 3.73. The summed E-state index contributed by atoms with van der Waals surface area (Å²) >= 11 is 0.804. The van der Waals surface area contributed by atoms with Crippen LogP contribution in [0.4, 0.5) is 3.89 Å². The molecule has 1 amide bonds. The Morgan fingerprint density at radius 3 is 2.64 bits per heavy atom. The van der Waals surface area contributed by atoms with Crippen molar-refractivity contribution < 1.29 is 17.1 Å². The predicted molar refractivity (Wildman–Crippen MR) is 50.1 cm³/mol. The first-order valence-electron chi connectivity index (χ1n) is 3.67. The molecule has 0 aliphatic carbocycles. The highest BCUT2D eigenvalue weighted by Crippen LogP contribution is 2.22. The van der Waals surface area contributed by atoms with Gasteiger partial charge in [-0.2, -0.15) is 8.42 Å². The lowest BCUT2D eigenvalue weighted by Crippen LogP contribution is -2.17. The molecule has 0 aliphatic rings. The summed E-state index contributed by atoms with van der Waals surface area (Å²) in [5, 5.41) is 2.48. The minimum atomic E-state index is -4.61. The third-order valence-electron chi connectivity index (χ3n) is 1.39. The molecule has 14 heavy (non-hydrogen) atoms. The molecule has 4 nitrogen and oxygen atoms in total. The second kappa shape index (κ2) is 4.05. The van der Waals surface area contributed by atoms with Crippen molar-refractivity contribution >= 4 is 27.5 Å². The summed E-state index contributed by atoms with van der Waals surface area (Å²) in [6, 6.07) is 2.64. The number of amides is 1. The zero-order chi connectivity index (χ0) is 10.8. The molecular weight excluding hydrogens is 229 g/mol. The van der Waals surface area contributed by atoms with Crippen molar-refractivity contribution in [3.05, 3.63) is 17.0 Å². The Hall–Kier alpha value is -0.950. The van der Waals surface area contributed by atoms with Gasteiger partial charge >= 0.3 is 10.2 Å². The van der Waals surface area contributed by atoms with Crippen molar-refractivity contribution in [1.29, 1.82) is 0 Å². The summed E-state index contributed by atoms with van der Waals surface area (Å²) in [7, 11) is -4.61. The van der Waals surface area contributed by atoms with Crippen molar-refractivity contribution in [3.8, 4) is 0 Å². The van der Waals surface area contributed by atoms with E-state index in [-0.39, 0.29) is 16.7 Å². The number of hydrogen-bond donors (Lipinski definition) is 1. The van der Waals surface area contributed by atoms with E-state index in [2.05, 4.69) is 5.32 Å². The SMILES string of the molecule is CC(=O)NCc1ccc(S(=O)(=O)F)s1. The minimum Gasteiger partial charge on any atom is -0.351 e. The van der Waals surface area contributed by atoms with Gasteiger partial charge in [0, 0.05) is 11.8 Å². The van der Waals surface area contributed by atoms with E-state index in [4.69, 9.17) is 0 Å². The van der Waals surface area contributed by atoms with Crippen LogP contribution in [0.5, 0.6) is 0 Å². The van der Waals surface area contributed by atoms with Crippen molar-refractivity contribution in [1.82, 2.24) is 5.32 Å². The first kappa shape index (κ1) is 11.1. The molecule has 0 saturated carbocycles. The maximum absolute atomic E-state index is 12.4. The van der Waals surface area contributed by atoms with E-state index in [0.717, 1.165) is 11.3 Å². The van der Waals surface area contributed by atoms with E-state index >= 15 is 0 Å². The molecule has 1 heterocycles. The number of hydrogen-bond acceptors (Lipinski definition) is 4. The van der Waals surface area contributed by atoms with Crippen LogP contribution in [0.25, 0.3) is 0 Å². The van der Waals surface area contributed by atoms with Gasteiger partial charge in [0.25, 0.3) is 0 Å². The van der Waals surface area contributed by atoms with Gasteiger partial charge < -0.3 is 5.32 Å². The van der Waals surface area contributed by atoms with Crippen molar-refractivity contribution in [3.63, 3.8) is 0 Å². The fourth-order valence-electron chi connectivity index (χ4n) is 0.796. The summed E-state index contributed by atoms with van der Waals surface area (Å²) < 4.78 is 33.0. The Bertz CT molecular complexity index is 438. The van der Waals surface area contributed by atoms with E-state index in [9.17, 15) is 17.1 Å². The molecule has 0 atom stereocenters. The van der Waals surface area contributed by atoms with Crippen LogP contribution in [0.1, 0.15) is 11.8 Å². The first-order chi connectivity index (χ1) is 6.39. The van der Waals surface area contributed by atoms with E-state index in [0.29, 0.717) is 4.88 Å². The van der Waals surface area contributed by atoms with Gasteiger partial charge in [0.1, 0.15) is 0 Å². The lowest BCUT2D eigenvalue weighted by atomic mass is 10.4. The normalized spacial score (nSPS) is 11.3. The molecule has 7 heteroatoms. The molecule has 1 rings (SSSR count). The second-order valence-corrected chi connectivity index (χ2v) is 5.31. The lowest BCUT2D eigenvalue weighted by molar-refractivity contribution is -0.119. The number of rotatable bonds is 3. The zero-order valence-electron chi connectivity index (χ0n) is 7.28. The molecule has 78 valence electrons. The van der Waals surface area contributed by atoms with E-state index in [1.165, 1.54) is 19.1 Å². The molecule has 1 aromatic rings.